The van der Waals surface area contributed by atoms with Crippen molar-refractivity contribution in [3.63, 3.8) is 0 Å². The number of para-hydroxylation sites is 1. The molecule has 0 spiro atoms. The number of benzene rings is 2. The summed E-state index contributed by atoms with van der Waals surface area (Å²) in [5, 5.41) is 9.91. The van der Waals surface area contributed by atoms with Crippen LogP contribution >= 0.6 is 11.6 Å². The van der Waals surface area contributed by atoms with Crippen LogP contribution in [0.5, 0.6) is 5.88 Å². The van der Waals surface area contributed by atoms with Gasteiger partial charge in [-0.1, -0.05) is 41.9 Å². The highest BCUT2D eigenvalue weighted by atomic mass is 35.5. The molecule has 1 atom stereocenters. The molecule has 0 fully saturated rings. The van der Waals surface area contributed by atoms with Crippen molar-refractivity contribution in [3.8, 4) is 5.88 Å². The normalized spacial score (nSPS) is 11.6. The smallest absolute Gasteiger partial charge is 0.443 e. The molecule has 1 amide bonds. The first-order valence-corrected chi connectivity index (χ1v) is 8.07. The minimum atomic E-state index is -0.739. The lowest BCUT2D eigenvalue weighted by atomic mass is 9.99. The molecule has 3 aromatic rings. The molecule has 1 unspecified atom stereocenters. The highest BCUT2D eigenvalue weighted by Crippen LogP contribution is 2.33. The number of nitrogens with zero attached hydrogens (tertiary/aromatic N) is 1. The summed E-state index contributed by atoms with van der Waals surface area (Å²) in [5.74, 6) is 0.485. The quantitative estimate of drug-likeness (QED) is 0.496. The second-order valence-electron chi connectivity index (χ2n) is 5.22. The minimum absolute atomic E-state index is 0.485. The van der Waals surface area contributed by atoms with Crippen LogP contribution in [0.25, 0.3) is 0 Å². The highest BCUT2D eigenvalue weighted by Gasteiger charge is 2.21. The van der Waals surface area contributed by atoms with Gasteiger partial charge in [-0.3, -0.25) is 10.2 Å². The maximum Gasteiger partial charge on any atom is 0.443 e. The molecule has 0 aliphatic heterocycles. The Morgan fingerprint density at radius 1 is 1.15 bits per heavy atom. The predicted octanol–water partition coefficient (Wildman–Crippen LogP) is 4.34. The summed E-state index contributed by atoms with van der Waals surface area (Å²) in [6.45, 7) is 0. The zero-order valence-electron chi connectivity index (χ0n) is 13.8. The van der Waals surface area contributed by atoms with E-state index in [-0.39, 0.29) is 0 Å². The third-order valence-corrected chi connectivity index (χ3v) is 3.78. The predicted molar refractivity (Wildman–Crippen MR) is 96.1 cm³/mol. The zero-order valence-corrected chi connectivity index (χ0v) is 14.6. The van der Waals surface area contributed by atoms with E-state index in [4.69, 9.17) is 16.3 Å². The van der Waals surface area contributed by atoms with Crippen molar-refractivity contribution >= 4 is 23.4 Å². The number of rotatable bonds is 6. The number of nitrogens with one attached hydrogen (secondary N) is 2. The van der Waals surface area contributed by atoms with E-state index in [1.165, 1.54) is 7.11 Å². The molecule has 2 aromatic carbocycles. The van der Waals surface area contributed by atoms with Crippen LogP contribution in [0.3, 0.4) is 0 Å². The zero-order chi connectivity index (χ0) is 18.4. The number of carbonyl (C=O) groups is 1. The van der Waals surface area contributed by atoms with Gasteiger partial charge in [0, 0.05) is 16.7 Å². The number of hydrogen-bond donors (Lipinski definition) is 2. The molecule has 1 aromatic heterocycles. The maximum atomic E-state index is 11.8. The van der Waals surface area contributed by atoms with Gasteiger partial charge in [-0.15, -0.1) is 0 Å². The van der Waals surface area contributed by atoms with Crippen LogP contribution in [0, 0.1) is 0 Å². The first-order valence-electron chi connectivity index (χ1n) is 7.69. The molecule has 26 heavy (non-hydrogen) atoms. The van der Waals surface area contributed by atoms with E-state index in [2.05, 4.69) is 25.3 Å². The van der Waals surface area contributed by atoms with Gasteiger partial charge in [-0.2, -0.15) is 9.99 Å². The van der Waals surface area contributed by atoms with Gasteiger partial charge in [-0.25, -0.2) is 9.89 Å². The number of hydrogen-bond acceptors (Lipinski definition) is 5. The molecule has 134 valence electrons. The average Bonchev–Trinajstić information content (AvgIpc) is 3.15. The van der Waals surface area contributed by atoms with Gasteiger partial charge in [0.25, 0.3) is 0 Å². The maximum absolute atomic E-state index is 11.8. The Kier molecular flexibility index (Phi) is 5.73. The monoisotopic (exact) mass is 373 g/mol. The van der Waals surface area contributed by atoms with E-state index in [9.17, 15) is 4.79 Å². The number of anilines is 1. The summed E-state index contributed by atoms with van der Waals surface area (Å²) in [4.78, 5) is 20.6. The molecular weight excluding hydrogens is 358 g/mol. The van der Waals surface area contributed by atoms with Crippen molar-refractivity contribution in [2.75, 3.05) is 12.4 Å². The summed E-state index contributed by atoms with van der Waals surface area (Å²) >= 11 is 6.00. The SMILES string of the molecule is COOC(=O)Nc1ccccc1C(Oc1ccn[nH]1)c1ccc(Cl)cc1. The van der Waals surface area contributed by atoms with Gasteiger partial charge < -0.3 is 4.74 Å². The van der Waals surface area contributed by atoms with Gasteiger partial charge in [0.2, 0.25) is 5.88 Å². The van der Waals surface area contributed by atoms with Crippen molar-refractivity contribution in [3.05, 3.63) is 76.9 Å². The Morgan fingerprint density at radius 2 is 1.92 bits per heavy atom. The summed E-state index contributed by atoms with van der Waals surface area (Å²) in [5.41, 5.74) is 2.09. The number of amides is 1. The average molecular weight is 374 g/mol. The van der Waals surface area contributed by atoms with Gasteiger partial charge in [0.1, 0.15) is 0 Å². The second kappa shape index (κ2) is 8.37. The van der Waals surface area contributed by atoms with Gasteiger partial charge in [-0.05, 0) is 23.8 Å². The first-order chi connectivity index (χ1) is 12.7. The van der Waals surface area contributed by atoms with Crippen molar-refractivity contribution in [2.24, 2.45) is 0 Å². The molecule has 0 saturated carbocycles. The van der Waals surface area contributed by atoms with Crippen LogP contribution in [-0.2, 0) is 9.78 Å². The van der Waals surface area contributed by atoms with Crippen molar-refractivity contribution in [1.29, 1.82) is 0 Å². The third-order valence-electron chi connectivity index (χ3n) is 3.53. The second-order valence-corrected chi connectivity index (χ2v) is 5.66. The number of aromatic nitrogens is 2. The molecule has 0 bridgehead atoms. The highest BCUT2D eigenvalue weighted by molar-refractivity contribution is 6.30. The molecule has 7 nitrogen and oxygen atoms in total. The Morgan fingerprint density at radius 3 is 2.62 bits per heavy atom. The van der Waals surface area contributed by atoms with Crippen LogP contribution in [0.2, 0.25) is 5.02 Å². The van der Waals surface area contributed by atoms with E-state index in [1.54, 1.807) is 36.5 Å². The van der Waals surface area contributed by atoms with Gasteiger partial charge in [0.05, 0.1) is 19.0 Å². The minimum Gasteiger partial charge on any atom is -0.465 e. The summed E-state index contributed by atoms with van der Waals surface area (Å²) in [6.07, 6.45) is 0.331. The molecule has 0 aliphatic rings. The molecule has 0 aliphatic carbocycles. The molecular formula is C18H16ClN3O4. The van der Waals surface area contributed by atoms with E-state index >= 15 is 0 Å². The Hall–Kier alpha value is -3.03. The molecule has 0 radical (unpaired) electrons. The Labute approximate surface area is 154 Å². The van der Waals surface area contributed by atoms with Crippen LogP contribution in [0.1, 0.15) is 17.2 Å². The van der Waals surface area contributed by atoms with E-state index in [0.717, 1.165) is 11.1 Å². The van der Waals surface area contributed by atoms with Crippen molar-refractivity contribution in [1.82, 2.24) is 10.2 Å². The van der Waals surface area contributed by atoms with Crippen molar-refractivity contribution in [2.45, 2.75) is 6.10 Å². The van der Waals surface area contributed by atoms with E-state index < -0.39 is 12.2 Å². The fourth-order valence-corrected chi connectivity index (χ4v) is 2.56. The fraction of sp³-hybridized carbons (Fsp3) is 0.111. The number of ether oxygens (including phenoxy) is 1. The summed E-state index contributed by atoms with van der Waals surface area (Å²) < 4.78 is 6.06. The Balaban J connectivity index is 1.98. The standard InChI is InChI=1S/C18H16ClN3O4/c1-24-26-18(23)21-15-5-3-2-4-14(15)17(25-16-10-11-20-22-16)12-6-8-13(19)9-7-12/h2-11,17H,1H3,(H,20,22)(H,21,23). The summed E-state index contributed by atoms with van der Waals surface area (Å²) in [7, 11) is 1.25. The number of H-pyrrole nitrogens is 1. The lowest BCUT2D eigenvalue weighted by Gasteiger charge is -2.21. The largest absolute Gasteiger partial charge is 0.465 e. The molecule has 8 heteroatoms. The molecule has 2 N–H and O–H groups in total. The Bertz CT molecular complexity index is 853. The van der Waals surface area contributed by atoms with Gasteiger partial charge >= 0.3 is 6.09 Å². The lowest BCUT2D eigenvalue weighted by Crippen LogP contribution is -2.17. The van der Waals surface area contributed by atoms with E-state index in [1.807, 2.05) is 24.3 Å². The number of carbonyl (C=O) groups excluding carboxylic acids is 1. The van der Waals surface area contributed by atoms with Crippen molar-refractivity contribution < 1.29 is 19.3 Å². The van der Waals surface area contributed by atoms with Crippen LogP contribution in [0.15, 0.2) is 60.8 Å². The topological polar surface area (TPSA) is 85.5 Å². The van der Waals surface area contributed by atoms with Crippen LogP contribution in [0.4, 0.5) is 10.5 Å². The lowest BCUT2D eigenvalue weighted by molar-refractivity contribution is -0.208. The van der Waals surface area contributed by atoms with E-state index in [0.29, 0.717) is 16.6 Å². The van der Waals surface area contributed by atoms with Crippen LogP contribution in [-0.4, -0.2) is 23.4 Å². The molecule has 1 heterocycles. The van der Waals surface area contributed by atoms with Gasteiger partial charge in [0.15, 0.2) is 6.10 Å². The first kappa shape index (κ1) is 17.8. The summed E-state index contributed by atoms with van der Waals surface area (Å²) in [6, 6.07) is 16.2. The molecule has 3 rings (SSSR count). The molecule has 0 saturated heterocycles. The number of halogens is 1. The fourth-order valence-electron chi connectivity index (χ4n) is 2.43. The van der Waals surface area contributed by atoms with Crippen LogP contribution < -0.4 is 10.1 Å². The third kappa shape index (κ3) is 4.33. The number of aromatic amines is 1.